The fourth-order valence-corrected chi connectivity index (χ4v) is 2.55. The zero-order valence-electron chi connectivity index (χ0n) is 13.4. The standard InChI is InChI=1S/C16H25N3O2/c1-16(2,3)21-15(20)18(4)13-7-11-19(12-8-13)14-5-9-17-10-6-14/h5-6,9-10,13H,7-8,11-12H2,1-4H3. The summed E-state index contributed by atoms with van der Waals surface area (Å²) in [5, 5.41) is 0. The molecule has 0 aromatic carbocycles. The number of pyridine rings is 1. The lowest BCUT2D eigenvalue weighted by Crippen LogP contribution is -2.47. The first-order valence-electron chi connectivity index (χ1n) is 7.47. The number of rotatable bonds is 2. The molecule has 0 atom stereocenters. The van der Waals surface area contributed by atoms with E-state index in [1.54, 1.807) is 4.90 Å². The van der Waals surface area contributed by atoms with Crippen LogP contribution in [-0.2, 0) is 4.74 Å². The maximum atomic E-state index is 12.1. The van der Waals surface area contributed by atoms with Crippen molar-refractivity contribution in [1.82, 2.24) is 9.88 Å². The lowest BCUT2D eigenvalue weighted by atomic mass is 10.0. The quantitative estimate of drug-likeness (QED) is 0.840. The van der Waals surface area contributed by atoms with Crippen molar-refractivity contribution < 1.29 is 9.53 Å². The molecule has 0 spiro atoms. The molecule has 0 radical (unpaired) electrons. The highest BCUT2D eigenvalue weighted by molar-refractivity contribution is 5.68. The van der Waals surface area contributed by atoms with Crippen LogP contribution in [0.4, 0.5) is 10.5 Å². The van der Waals surface area contributed by atoms with Crippen LogP contribution in [-0.4, -0.2) is 47.8 Å². The topological polar surface area (TPSA) is 45.7 Å². The van der Waals surface area contributed by atoms with E-state index in [9.17, 15) is 4.79 Å². The number of carbonyl (C=O) groups excluding carboxylic acids is 1. The van der Waals surface area contributed by atoms with E-state index in [1.165, 1.54) is 5.69 Å². The van der Waals surface area contributed by atoms with Crippen molar-refractivity contribution in [2.45, 2.75) is 45.3 Å². The van der Waals surface area contributed by atoms with Crippen LogP contribution in [0.2, 0.25) is 0 Å². The SMILES string of the molecule is CN(C(=O)OC(C)(C)C)C1CCN(c2ccncc2)CC1. The minimum absolute atomic E-state index is 0.232. The van der Waals surface area contributed by atoms with Crippen molar-refractivity contribution in [3.63, 3.8) is 0 Å². The summed E-state index contributed by atoms with van der Waals surface area (Å²) in [4.78, 5) is 20.2. The molecule has 1 aliphatic rings. The minimum atomic E-state index is -0.441. The van der Waals surface area contributed by atoms with E-state index in [0.29, 0.717) is 0 Å². The molecule has 1 aromatic heterocycles. The molecule has 1 aliphatic heterocycles. The summed E-state index contributed by atoms with van der Waals surface area (Å²) in [5.74, 6) is 0. The van der Waals surface area contributed by atoms with Gasteiger partial charge in [-0.05, 0) is 45.7 Å². The summed E-state index contributed by atoms with van der Waals surface area (Å²) in [6.07, 6.45) is 5.31. The van der Waals surface area contributed by atoms with Crippen molar-refractivity contribution in [2.24, 2.45) is 0 Å². The highest BCUT2D eigenvalue weighted by Gasteiger charge is 2.28. The highest BCUT2D eigenvalue weighted by atomic mass is 16.6. The van der Waals surface area contributed by atoms with Gasteiger partial charge in [-0.2, -0.15) is 0 Å². The van der Waals surface area contributed by atoms with E-state index in [-0.39, 0.29) is 12.1 Å². The van der Waals surface area contributed by atoms with Gasteiger partial charge in [-0.25, -0.2) is 4.79 Å². The van der Waals surface area contributed by atoms with Crippen molar-refractivity contribution >= 4 is 11.8 Å². The Morgan fingerprint density at radius 3 is 2.38 bits per heavy atom. The molecule has 1 fully saturated rings. The van der Waals surface area contributed by atoms with E-state index < -0.39 is 5.60 Å². The van der Waals surface area contributed by atoms with Gasteiger partial charge in [-0.15, -0.1) is 0 Å². The average molecular weight is 291 g/mol. The minimum Gasteiger partial charge on any atom is -0.444 e. The molecule has 0 aliphatic carbocycles. The zero-order valence-corrected chi connectivity index (χ0v) is 13.4. The molecule has 2 heterocycles. The van der Waals surface area contributed by atoms with Gasteiger partial charge in [-0.3, -0.25) is 4.98 Å². The van der Waals surface area contributed by atoms with E-state index in [2.05, 4.69) is 9.88 Å². The first-order chi connectivity index (χ1) is 9.87. The fraction of sp³-hybridized carbons (Fsp3) is 0.625. The van der Waals surface area contributed by atoms with Crippen LogP contribution >= 0.6 is 0 Å². The third kappa shape index (κ3) is 4.34. The Morgan fingerprint density at radius 1 is 1.29 bits per heavy atom. The second kappa shape index (κ2) is 6.33. The monoisotopic (exact) mass is 291 g/mol. The molecule has 5 heteroatoms. The smallest absolute Gasteiger partial charge is 0.410 e. The summed E-state index contributed by atoms with van der Waals surface area (Å²) in [7, 11) is 1.83. The molecule has 2 rings (SSSR count). The van der Waals surface area contributed by atoms with Gasteiger partial charge in [0.2, 0.25) is 0 Å². The highest BCUT2D eigenvalue weighted by Crippen LogP contribution is 2.22. The molecule has 0 unspecified atom stereocenters. The lowest BCUT2D eigenvalue weighted by molar-refractivity contribution is 0.0201. The molecule has 1 amide bonds. The molecular formula is C16H25N3O2. The number of hydrogen-bond acceptors (Lipinski definition) is 4. The van der Waals surface area contributed by atoms with Gasteiger partial charge in [0.25, 0.3) is 0 Å². The van der Waals surface area contributed by atoms with E-state index in [1.807, 2.05) is 52.3 Å². The summed E-state index contributed by atoms with van der Waals surface area (Å²) < 4.78 is 5.43. The van der Waals surface area contributed by atoms with Gasteiger partial charge < -0.3 is 14.5 Å². The van der Waals surface area contributed by atoms with Crippen LogP contribution in [0.5, 0.6) is 0 Å². The van der Waals surface area contributed by atoms with Crippen LogP contribution in [0.3, 0.4) is 0 Å². The van der Waals surface area contributed by atoms with E-state index in [0.717, 1.165) is 25.9 Å². The molecule has 1 aromatic rings. The molecule has 5 nitrogen and oxygen atoms in total. The Hall–Kier alpha value is -1.78. The largest absolute Gasteiger partial charge is 0.444 e. The fourth-order valence-electron chi connectivity index (χ4n) is 2.55. The maximum Gasteiger partial charge on any atom is 0.410 e. The maximum absolute atomic E-state index is 12.1. The number of carbonyl (C=O) groups is 1. The van der Waals surface area contributed by atoms with Crippen molar-refractivity contribution in [2.75, 3.05) is 25.0 Å². The lowest BCUT2D eigenvalue weighted by Gasteiger charge is -2.38. The number of nitrogens with zero attached hydrogens (tertiary/aromatic N) is 3. The Bertz CT molecular complexity index is 462. The number of anilines is 1. The normalized spacial score (nSPS) is 16.7. The summed E-state index contributed by atoms with van der Waals surface area (Å²) in [6.45, 7) is 7.57. The summed E-state index contributed by atoms with van der Waals surface area (Å²) >= 11 is 0. The van der Waals surface area contributed by atoms with Gasteiger partial charge in [0.15, 0.2) is 0 Å². The molecule has 116 valence electrons. The summed E-state index contributed by atoms with van der Waals surface area (Å²) in [5.41, 5.74) is 0.756. The first kappa shape index (κ1) is 15.6. The Balaban J connectivity index is 1.87. The predicted octanol–water partition coefficient (Wildman–Crippen LogP) is 2.92. The average Bonchev–Trinajstić information content (AvgIpc) is 2.46. The third-order valence-electron chi connectivity index (χ3n) is 3.72. The van der Waals surface area contributed by atoms with Gasteiger partial charge in [0.1, 0.15) is 5.60 Å². The van der Waals surface area contributed by atoms with Crippen LogP contribution in [0.1, 0.15) is 33.6 Å². The van der Waals surface area contributed by atoms with Gasteiger partial charge in [0, 0.05) is 44.3 Å². The van der Waals surface area contributed by atoms with Crippen LogP contribution in [0.25, 0.3) is 0 Å². The molecule has 0 N–H and O–H groups in total. The molecule has 1 saturated heterocycles. The Labute approximate surface area is 126 Å². The van der Waals surface area contributed by atoms with E-state index >= 15 is 0 Å². The number of amides is 1. The summed E-state index contributed by atoms with van der Waals surface area (Å²) in [6, 6.07) is 4.30. The van der Waals surface area contributed by atoms with E-state index in [4.69, 9.17) is 4.74 Å². The third-order valence-corrected chi connectivity index (χ3v) is 3.72. The van der Waals surface area contributed by atoms with Crippen LogP contribution in [0, 0.1) is 0 Å². The van der Waals surface area contributed by atoms with Crippen molar-refractivity contribution in [3.05, 3.63) is 24.5 Å². The Kier molecular flexibility index (Phi) is 4.70. The van der Waals surface area contributed by atoms with Gasteiger partial charge >= 0.3 is 6.09 Å². The van der Waals surface area contributed by atoms with Gasteiger partial charge in [0.05, 0.1) is 0 Å². The second-order valence-corrected chi connectivity index (χ2v) is 6.51. The molecule has 0 saturated carbocycles. The van der Waals surface area contributed by atoms with Crippen LogP contribution in [0.15, 0.2) is 24.5 Å². The van der Waals surface area contributed by atoms with Crippen molar-refractivity contribution in [3.8, 4) is 0 Å². The number of hydrogen-bond donors (Lipinski definition) is 0. The molecule has 0 bridgehead atoms. The van der Waals surface area contributed by atoms with Crippen LogP contribution < -0.4 is 4.90 Å². The second-order valence-electron chi connectivity index (χ2n) is 6.51. The van der Waals surface area contributed by atoms with Crippen molar-refractivity contribution in [1.29, 1.82) is 0 Å². The predicted molar refractivity (Wildman–Crippen MR) is 83.5 cm³/mol. The number of piperidine rings is 1. The first-order valence-corrected chi connectivity index (χ1v) is 7.47. The van der Waals surface area contributed by atoms with Gasteiger partial charge in [-0.1, -0.05) is 0 Å². The number of ether oxygens (including phenoxy) is 1. The zero-order chi connectivity index (χ0) is 15.5. The molecule has 21 heavy (non-hydrogen) atoms. The number of aromatic nitrogens is 1. The Morgan fingerprint density at radius 2 is 1.86 bits per heavy atom. The molecular weight excluding hydrogens is 266 g/mol.